The van der Waals surface area contributed by atoms with Crippen LogP contribution in [-0.4, -0.2) is 38.7 Å². The van der Waals surface area contributed by atoms with Crippen LogP contribution in [0.15, 0.2) is 48.7 Å². The van der Waals surface area contributed by atoms with Crippen LogP contribution in [0.2, 0.25) is 0 Å². The number of hydrogen-bond donors (Lipinski definition) is 3. The van der Waals surface area contributed by atoms with Gasteiger partial charge in [-0.1, -0.05) is 18.2 Å². The maximum atomic E-state index is 10.9. The molecular formula is C27H30N3O4P. The van der Waals surface area contributed by atoms with Gasteiger partial charge < -0.3 is 20.5 Å². The first kappa shape index (κ1) is 24.8. The molecule has 8 heteroatoms. The van der Waals surface area contributed by atoms with Gasteiger partial charge in [-0.3, -0.25) is 9.78 Å². The molecule has 0 spiro atoms. The van der Waals surface area contributed by atoms with E-state index in [1.165, 1.54) is 11.1 Å². The fraction of sp³-hybridized carbons (Fsp3) is 0.296. The van der Waals surface area contributed by atoms with Crippen LogP contribution in [0, 0.1) is 6.92 Å². The zero-order valence-electron chi connectivity index (χ0n) is 19.8. The van der Waals surface area contributed by atoms with Gasteiger partial charge in [0.15, 0.2) is 5.82 Å². The van der Waals surface area contributed by atoms with Gasteiger partial charge in [0.1, 0.15) is 11.3 Å². The lowest BCUT2D eigenvalue weighted by atomic mass is 9.99. The molecule has 0 bridgehead atoms. The first-order chi connectivity index (χ1) is 16.9. The highest BCUT2D eigenvalue weighted by atomic mass is 31.1. The summed E-state index contributed by atoms with van der Waals surface area (Å²) in [5.74, 6) is 0.415. The number of aryl methyl sites for hydroxylation is 4. The van der Waals surface area contributed by atoms with Gasteiger partial charge in [-0.25, -0.2) is 4.98 Å². The van der Waals surface area contributed by atoms with Crippen LogP contribution in [0.4, 0.5) is 5.82 Å². The fourth-order valence-corrected chi connectivity index (χ4v) is 4.50. The van der Waals surface area contributed by atoms with E-state index in [1.807, 2.05) is 30.5 Å². The third-order valence-corrected chi connectivity index (χ3v) is 6.68. The number of fused-ring (bicyclic) bond motifs is 3. The molecule has 182 valence electrons. The highest BCUT2D eigenvalue weighted by Gasteiger charge is 2.11. The average molecular weight is 492 g/mol. The molecule has 2 aromatic heterocycles. The van der Waals surface area contributed by atoms with Gasteiger partial charge in [-0.05, 0) is 85.3 Å². The van der Waals surface area contributed by atoms with Crippen molar-refractivity contribution in [2.75, 3.05) is 18.5 Å². The highest BCUT2D eigenvalue weighted by molar-refractivity contribution is 7.31. The van der Waals surface area contributed by atoms with Crippen LogP contribution in [0.3, 0.4) is 0 Å². The Morgan fingerprint density at radius 2 is 1.91 bits per heavy atom. The van der Waals surface area contributed by atoms with Crippen molar-refractivity contribution in [3.05, 3.63) is 70.9 Å². The van der Waals surface area contributed by atoms with Gasteiger partial charge in [0.05, 0.1) is 12.1 Å². The van der Waals surface area contributed by atoms with E-state index in [4.69, 9.17) is 20.5 Å². The van der Waals surface area contributed by atoms with Gasteiger partial charge in [-0.2, -0.15) is 0 Å². The van der Waals surface area contributed by atoms with Crippen LogP contribution < -0.4 is 10.5 Å². The molecule has 4 rings (SSSR count). The van der Waals surface area contributed by atoms with Crippen molar-refractivity contribution in [3.8, 4) is 5.75 Å². The zero-order chi connectivity index (χ0) is 24.8. The number of ether oxygens (including phenoxy) is 1. The van der Waals surface area contributed by atoms with Crippen molar-refractivity contribution in [2.24, 2.45) is 0 Å². The molecule has 0 aliphatic rings. The topological polar surface area (TPSA) is 119 Å². The van der Waals surface area contributed by atoms with Crippen LogP contribution in [0.5, 0.6) is 5.75 Å². The van der Waals surface area contributed by atoms with Crippen LogP contribution in [-0.2, 0) is 24.1 Å². The molecule has 0 fully saturated rings. The number of nitrogens with zero attached hydrogens (tertiary/aromatic N) is 2. The molecule has 4 aromatic rings. The SMILES string of the molecule is Cc1cc(OCCCPO)ccc1CCc1cnc2c(N)nc3cc(CCC(=O)O)ccc3c2c1. The molecule has 2 heterocycles. The minimum Gasteiger partial charge on any atom is -0.494 e. The number of carbonyl (C=O) groups is 1. The average Bonchev–Trinajstić information content (AvgIpc) is 2.84. The van der Waals surface area contributed by atoms with Gasteiger partial charge in [0.2, 0.25) is 0 Å². The summed E-state index contributed by atoms with van der Waals surface area (Å²) in [6.07, 6.45) is 5.74. The molecular weight excluding hydrogens is 461 g/mol. The number of pyridine rings is 2. The molecule has 2 aromatic carbocycles. The number of hydrogen-bond acceptors (Lipinski definition) is 6. The number of carboxylic acids is 1. The summed E-state index contributed by atoms with van der Waals surface area (Å²) in [4.78, 5) is 28.9. The quantitative estimate of drug-likeness (QED) is 0.156. The minimum absolute atomic E-state index is 0.0228. The maximum Gasteiger partial charge on any atom is 0.303 e. The van der Waals surface area contributed by atoms with Crippen molar-refractivity contribution < 1.29 is 19.5 Å². The summed E-state index contributed by atoms with van der Waals surface area (Å²) in [5.41, 5.74) is 12.1. The Kier molecular flexibility index (Phi) is 8.11. The summed E-state index contributed by atoms with van der Waals surface area (Å²) < 4.78 is 5.78. The number of aliphatic carboxylic acids is 1. The van der Waals surface area contributed by atoms with Gasteiger partial charge >= 0.3 is 5.97 Å². The van der Waals surface area contributed by atoms with Gasteiger partial charge in [0, 0.05) is 32.2 Å². The molecule has 4 N–H and O–H groups in total. The number of nitrogens with two attached hydrogens (primary N) is 1. The van der Waals surface area contributed by atoms with Crippen molar-refractivity contribution in [3.63, 3.8) is 0 Å². The van der Waals surface area contributed by atoms with E-state index in [2.05, 4.69) is 35.1 Å². The lowest BCUT2D eigenvalue weighted by molar-refractivity contribution is -0.136. The largest absolute Gasteiger partial charge is 0.494 e. The monoisotopic (exact) mass is 491 g/mol. The summed E-state index contributed by atoms with van der Waals surface area (Å²) in [6, 6.07) is 14.2. The van der Waals surface area contributed by atoms with Crippen LogP contribution in [0.25, 0.3) is 21.8 Å². The lowest BCUT2D eigenvalue weighted by Crippen LogP contribution is -2.01. The van der Waals surface area contributed by atoms with E-state index in [1.54, 1.807) is 0 Å². The Bertz CT molecular complexity index is 1360. The number of anilines is 1. The van der Waals surface area contributed by atoms with Crippen LogP contribution >= 0.6 is 8.81 Å². The first-order valence-electron chi connectivity index (χ1n) is 11.7. The number of rotatable bonds is 11. The molecule has 0 saturated heterocycles. The molecule has 0 radical (unpaired) electrons. The van der Waals surface area contributed by atoms with E-state index in [0.29, 0.717) is 24.4 Å². The molecule has 0 saturated carbocycles. The van der Waals surface area contributed by atoms with Crippen molar-refractivity contribution in [1.29, 1.82) is 0 Å². The van der Waals surface area contributed by atoms with Crippen molar-refractivity contribution in [2.45, 2.75) is 39.0 Å². The number of carboxylic acid groups (broad SMARTS) is 1. The maximum absolute atomic E-state index is 10.9. The Morgan fingerprint density at radius 3 is 2.69 bits per heavy atom. The predicted octanol–water partition coefficient (Wildman–Crippen LogP) is 4.83. The summed E-state index contributed by atoms with van der Waals surface area (Å²) in [5, 5.41) is 10.9. The third kappa shape index (κ3) is 6.24. The summed E-state index contributed by atoms with van der Waals surface area (Å²) in [6.45, 7) is 2.71. The highest BCUT2D eigenvalue weighted by Crippen LogP contribution is 2.29. The Labute approximate surface area is 206 Å². The molecule has 0 amide bonds. The van der Waals surface area contributed by atoms with E-state index < -0.39 is 5.97 Å². The van der Waals surface area contributed by atoms with Crippen molar-refractivity contribution >= 4 is 42.4 Å². The second kappa shape index (κ2) is 11.4. The summed E-state index contributed by atoms with van der Waals surface area (Å²) >= 11 is 0. The van der Waals surface area contributed by atoms with Crippen molar-refractivity contribution in [1.82, 2.24) is 9.97 Å². The summed E-state index contributed by atoms with van der Waals surface area (Å²) in [7, 11) is -0.0228. The molecule has 1 atom stereocenters. The Balaban J connectivity index is 1.52. The predicted molar refractivity (Wildman–Crippen MR) is 142 cm³/mol. The van der Waals surface area contributed by atoms with Gasteiger partial charge in [0.25, 0.3) is 0 Å². The van der Waals surface area contributed by atoms with E-state index in [0.717, 1.165) is 58.6 Å². The number of benzene rings is 2. The second-order valence-electron chi connectivity index (χ2n) is 8.68. The van der Waals surface area contributed by atoms with E-state index >= 15 is 0 Å². The minimum atomic E-state index is -0.819. The number of aromatic nitrogens is 2. The van der Waals surface area contributed by atoms with Crippen LogP contribution in [0.1, 0.15) is 35.1 Å². The number of nitrogen functional groups attached to an aromatic ring is 1. The molecule has 35 heavy (non-hydrogen) atoms. The molecule has 0 aliphatic heterocycles. The Hall–Kier alpha value is -3.28. The zero-order valence-corrected chi connectivity index (χ0v) is 20.8. The van der Waals surface area contributed by atoms with E-state index in [-0.39, 0.29) is 15.2 Å². The first-order valence-corrected chi connectivity index (χ1v) is 12.9. The van der Waals surface area contributed by atoms with Gasteiger partial charge in [-0.15, -0.1) is 0 Å². The normalized spacial score (nSPS) is 11.6. The standard InChI is InChI=1S/C27H30N3O4P/c1-17-13-21(34-11-2-12-35-33)8-7-20(17)6-3-19-14-23-22-9-4-18(5-10-25(31)32)15-24(22)30-27(28)26(23)29-16-19/h4,7-9,13-16,33,35H,2-3,5-6,10-12H2,1H3,(H2,28,30)(H,31,32). The lowest BCUT2D eigenvalue weighted by Gasteiger charge is -2.11. The molecule has 7 nitrogen and oxygen atoms in total. The molecule has 0 aliphatic carbocycles. The fourth-order valence-electron chi connectivity index (χ4n) is 4.20. The molecule has 1 unspecified atom stereocenters. The second-order valence-corrected chi connectivity index (χ2v) is 9.50. The smallest absolute Gasteiger partial charge is 0.303 e. The third-order valence-electron chi connectivity index (χ3n) is 6.11. The van der Waals surface area contributed by atoms with E-state index in [9.17, 15) is 4.79 Å². The Morgan fingerprint density at radius 1 is 1.06 bits per heavy atom.